The van der Waals surface area contributed by atoms with E-state index in [1.165, 1.54) is 6.26 Å². The summed E-state index contributed by atoms with van der Waals surface area (Å²) >= 11 is 0. The molecule has 1 aromatic heterocycles. The zero-order valence-corrected chi connectivity index (χ0v) is 11.2. The SMILES string of the molecule is CC(C)Oc1cccc(NCc2ccon2)c1[N+](=O)[O-]. The highest BCUT2D eigenvalue weighted by Gasteiger charge is 2.21. The van der Waals surface area contributed by atoms with Gasteiger partial charge in [0.15, 0.2) is 5.75 Å². The lowest BCUT2D eigenvalue weighted by molar-refractivity contribution is -0.385. The summed E-state index contributed by atoms with van der Waals surface area (Å²) in [5.41, 5.74) is 0.968. The minimum absolute atomic E-state index is 0.0790. The summed E-state index contributed by atoms with van der Waals surface area (Å²) in [6.07, 6.45) is 1.31. The van der Waals surface area contributed by atoms with Crippen LogP contribution in [0.4, 0.5) is 11.4 Å². The molecule has 0 aliphatic rings. The van der Waals surface area contributed by atoms with Crippen LogP contribution in [0.2, 0.25) is 0 Å². The minimum atomic E-state index is -0.456. The molecule has 0 aliphatic heterocycles. The Hall–Kier alpha value is -2.57. The number of nitrogens with one attached hydrogen (secondary N) is 1. The summed E-state index contributed by atoms with van der Waals surface area (Å²) in [6.45, 7) is 3.97. The number of nitrogens with zero attached hydrogens (tertiary/aromatic N) is 2. The Bertz CT molecular complexity index is 581. The van der Waals surface area contributed by atoms with Gasteiger partial charge in [-0.2, -0.15) is 0 Å². The van der Waals surface area contributed by atoms with Crippen LogP contribution in [0, 0.1) is 10.1 Å². The van der Waals surface area contributed by atoms with Gasteiger partial charge in [-0.1, -0.05) is 11.2 Å². The van der Waals surface area contributed by atoms with Crippen LogP contribution in [0.3, 0.4) is 0 Å². The molecule has 2 rings (SSSR count). The van der Waals surface area contributed by atoms with Gasteiger partial charge >= 0.3 is 5.69 Å². The molecule has 0 aliphatic carbocycles. The van der Waals surface area contributed by atoms with Crippen molar-refractivity contribution in [3.8, 4) is 5.75 Å². The molecule has 0 radical (unpaired) electrons. The number of nitro groups is 1. The van der Waals surface area contributed by atoms with E-state index in [-0.39, 0.29) is 17.5 Å². The average Bonchev–Trinajstić information content (AvgIpc) is 2.88. The van der Waals surface area contributed by atoms with Crippen LogP contribution in [-0.2, 0) is 6.54 Å². The van der Waals surface area contributed by atoms with E-state index in [1.807, 2.05) is 13.8 Å². The van der Waals surface area contributed by atoms with E-state index in [0.717, 1.165) is 0 Å². The van der Waals surface area contributed by atoms with Crippen molar-refractivity contribution in [3.63, 3.8) is 0 Å². The van der Waals surface area contributed by atoms with Crippen molar-refractivity contribution in [2.24, 2.45) is 0 Å². The average molecular weight is 277 g/mol. The van der Waals surface area contributed by atoms with Crippen LogP contribution in [0.25, 0.3) is 0 Å². The molecule has 0 spiro atoms. The quantitative estimate of drug-likeness (QED) is 0.644. The van der Waals surface area contributed by atoms with Crippen LogP contribution in [0.15, 0.2) is 35.1 Å². The van der Waals surface area contributed by atoms with Gasteiger partial charge in [0, 0.05) is 6.07 Å². The van der Waals surface area contributed by atoms with Crippen LogP contribution in [0.1, 0.15) is 19.5 Å². The van der Waals surface area contributed by atoms with E-state index >= 15 is 0 Å². The van der Waals surface area contributed by atoms with Gasteiger partial charge < -0.3 is 14.6 Å². The van der Waals surface area contributed by atoms with E-state index in [0.29, 0.717) is 17.9 Å². The largest absolute Gasteiger partial charge is 0.484 e. The molecular weight excluding hydrogens is 262 g/mol. The van der Waals surface area contributed by atoms with Gasteiger partial charge in [0.25, 0.3) is 0 Å². The monoisotopic (exact) mass is 277 g/mol. The normalized spacial score (nSPS) is 10.6. The lowest BCUT2D eigenvalue weighted by Crippen LogP contribution is -2.09. The van der Waals surface area contributed by atoms with E-state index in [4.69, 9.17) is 9.26 Å². The highest BCUT2D eigenvalue weighted by atomic mass is 16.6. The summed E-state index contributed by atoms with van der Waals surface area (Å²) in [4.78, 5) is 10.8. The topological polar surface area (TPSA) is 90.4 Å². The molecule has 2 aromatic rings. The fraction of sp³-hybridized carbons (Fsp3) is 0.308. The molecule has 0 fully saturated rings. The Labute approximate surface area is 115 Å². The molecule has 0 saturated heterocycles. The van der Waals surface area contributed by atoms with Crippen LogP contribution in [-0.4, -0.2) is 16.2 Å². The first-order valence-corrected chi connectivity index (χ1v) is 6.15. The lowest BCUT2D eigenvalue weighted by atomic mass is 10.2. The predicted octanol–water partition coefficient (Wildman–Crippen LogP) is 2.98. The van der Waals surface area contributed by atoms with Gasteiger partial charge in [-0.15, -0.1) is 0 Å². The number of benzene rings is 1. The van der Waals surface area contributed by atoms with Gasteiger partial charge in [-0.3, -0.25) is 10.1 Å². The number of anilines is 1. The Morgan fingerprint density at radius 2 is 2.25 bits per heavy atom. The fourth-order valence-electron chi connectivity index (χ4n) is 1.72. The maximum absolute atomic E-state index is 11.2. The molecule has 0 unspecified atom stereocenters. The maximum atomic E-state index is 11.2. The molecule has 7 heteroatoms. The molecule has 106 valence electrons. The fourth-order valence-corrected chi connectivity index (χ4v) is 1.72. The lowest BCUT2D eigenvalue weighted by Gasteiger charge is -2.12. The highest BCUT2D eigenvalue weighted by Crippen LogP contribution is 2.35. The van der Waals surface area contributed by atoms with E-state index in [1.54, 1.807) is 24.3 Å². The number of aromatic nitrogens is 1. The van der Waals surface area contributed by atoms with E-state index in [9.17, 15) is 10.1 Å². The molecule has 1 aromatic carbocycles. The van der Waals surface area contributed by atoms with Crippen molar-refractivity contribution in [2.45, 2.75) is 26.5 Å². The van der Waals surface area contributed by atoms with E-state index in [2.05, 4.69) is 10.5 Å². The smallest absolute Gasteiger partial charge is 0.333 e. The van der Waals surface area contributed by atoms with Crippen molar-refractivity contribution in [1.29, 1.82) is 0 Å². The molecule has 1 heterocycles. The van der Waals surface area contributed by atoms with Crippen molar-refractivity contribution < 1.29 is 14.2 Å². The molecule has 0 amide bonds. The molecule has 0 atom stereocenters. The summed E-state index contributed by atoms with van der Waals surface area (Å²) in [5.74, 6) is 0.246. The minimum Gasteiger partial charge on any atom is -0.484 e. The summed E-state index contributed by atoms with van der Waals surface area (Å²) in [6, 6.07) is 6.61. The van der Waals surface area contributed by atoms with Crippen molar-refractivity contribution >= 4 is 11.4 Å². The number of para-hydroxylation sites is 1. The molecule has 7 nitrogen and oxygen atoms in total. The summed E-state index contributed by atoms with van der Waals surface area (Å²) in [5, 5.41) is 17.9. The third kappa shape index (κ3) is 3.25. The second-order valence-electron chi connectivity index (χ2n) is 4.42. The first-order valence-electron chi connectivity index (χ1n) is 6.15. The Kier molecular flexibility index (Phi) is 4.19. The van der Waals surface area contributed by atoms with Gasteiger partial charge in [0.05, 0.1) is 17.6 Å². The first kappa shape index (κ1) is 13.9. The van der Waals surface area contributed by atoms with Crippen molar-refractivity contribution in [2.75, 3.05) is 5.32 Å². The Morgan fingerprint density at radius 3 is 2.85 bits per heavy atom. The van der Waals surface area contributed by atoms with Gasteiger partial charge in [-0.25, -0.2) is 0 Å². The van der Waals surface area contributed by atoms with Crippen molar-refractivity contribution in [1.82, 2.24) is 5.16 Å². The number of rotatable bonds is 6. The number of ether oxygens (including phenoxy) is 1. The van der Waals surface area contributed by atoms with Crippen molar-refractivity contribution in [3.05, 3.63) is 46.3 Å². The predicted molar refractivity (Wildman–Crippen MR) is 72.7 cm³/mol. The number of nitro benzene ring substituents is 1. The molecule has 0 bridgehead atoms. The zero-order chi connectivity index (χ0) is 14.5. The third-order valence-corrected chi connectivity index (χ3v) is 2.50. The van der Waals surface area contributed by atoms with Crippen LogP contribution >= 0.6 is 0 Å². The zero-order valence-electron chi connectivity index (χ0n) is 11.2. The summed E-state index contributed by atoms with van der Waals surface area (Å²) < 4.78 is 10.2. The van der Waals surface area contributed by atoms with Crippen LogP contribution in [0.5, 0.6) is 5.75 Å². The van der Waals surface area contributed by atoms with Gasteiger partial charge in [-0.05, 0) is 26.0 Å². The van der Waals surface area contributed by atoms with Gasteiger partial charge in [0.2, 0.25) is 0 Å². The number of hydrogen-bond acceptors (Lipinski definition) is 6. The second-order valence-corrected chi connectivity index (χ2v) is 4.42. The second kappa shape index (κ2) is 6.05. The highest BCUT2D eigenvalue weighted by molar-refractivity contribution is 5.68. The first-order chi connectivity index (χ1) is 9.58. The standard InChI is InChI=1S/C13H15N3O4/c1-9(2)20-12-5-3-4-11(13(12)16(17)18)14-8-10-6-7-19-15-10/h3-7,9,14H,8H2,1-2H3. The molecular formula is C13H15N3O4. The molecule has 20 heavy (non-hydrogen) atoms. The molecule has 1 N–H and O–H groups in total. The number of hydrogen-bond donors (Lipinski definition) is 1. The summed E-state index contributed by atoms with van der Waals surface area (Å²) in [7, 11) is 0. The van der Waals surface area contributed by atoms with Gasteiger partial charge in [0.1, 0.15) is 17.6 Å². The Balaban J connectivity index is 2.24. The Morgan fingerprint density at radius 1 is 1.45 bits per heavy atom. The third-order valence-electron chi connectivity index (χ3n) is 2.50. The molecule has 0 saturated carbocycles. The van der Waals surface area contributed by atoms with E-state index < -0.39 is 4.92 Å². The maximum Gasteiger partial charge on any atom is 0.333 e. The van der Waals surface area contributed by atoms with Crippen LogP contribution < -0.4 is 10.1 Å².